The van der Waals surface area contributed by atoms with Crippen LogP contribution in [0.4, 0.5) is 0 Å². The monoisotopic (exact) mass is 297 g/mol. The highest BCUT2D eigenvalue weighted by molar-refractivity contribution is 4.96. The van der Waals surface area contributed by atoms with Gasteiger partial charge >= 0.3 is 0 Å². The standard InChI is InChI=1S/C20H43N/c1-10-12-13-21-19(7,8)20(9,11-2)15-17(5)14-18(6)16(3)4/h16-18,21H,10-15H2,1-9H3/t17-,18-,20?/m1/s1. The maximum atomic E-state index is 3.83. The fourth-order valence-corrected chi connectivity index (χ4v) is 3.39. The van der Waals surface area contributed by atoms with Crippen LogP contribution in [0, 0.1) is 23.2 Å². The maximum absolute atomic E-state index is 3.83. The Bertz CT molecular complexity index is 269. The van der Waals surface area contributed by atoms with E-state index in [9.17, 15) is 0 Å². The molecular formula is C20H43N. The molecule has 21 heavy (non-hydrogen) atoms. The van der Waals surface area contributed by atoms with Crippen molar-refractivity contribution < 1.29 is 0 Å². The second-order valence-corrected chi connectivity index (χ2v) is 8.59. The van der Waals surface area contributed by atoms with Crippen molar-refractivity contribution in [3.8, 4) is 0 Å². The van der Waals surface area contributed by atoms with Crippen LogP contribution >= 0.6 is 0 Å². The molecule has 0 saturated heterocycles. The van der Waals surface area contributed by atoms with Gasteiger partial charge in [-0.15, -0.1) is 0 Å². The zero-order valence-electron chi connectivity index (χ0n) is 16.5. The Kier molecular flexibility index (Phi) is 9.16. The molecule has 0 aliphatic rings. The van der Waals surface area contributed by atoms with Crippen LogP contribution in [0.3, 0.4) is 0 Å². The Labute approximate surface area is 135 Å². The van der Waals surface area contributed by atoms with Crippen molar-refractivity contribution in [2.75, 3.05) is 6.54 Å². The molecule has 0 aliphatic carbocycles. The summed E-state index contributed by atoms with van der Waals surface area (Å²) in [5, 5.41) is 3.83. The first-order valence-corrected chi connectivity index (χ1v) is 9.34. The summed E-state index contributed by atoms with van der Waals surface area (Å²) in [5.74, 6) is 2.44. The van der Waals surface area contributed by atoms with E-state index in [0.29, 0.717) is 5.41 Å². The third-order valence-electron chi connectivity index (χ3n) is 6.10. The van der Waals surface area contributed by atoms with E-state index in [2.05, 4.69) is 67.6 Å². The Balaban J connectivity index is 4.69. The second-order valence-electron chi connectivity index (χ2n) is 8.59. The van der Waals surface area contributed by atoms with Gasteiger partial charge in [0.15, 0.2) is 0 Å². The van der Waals surface area contributed by atoms with Crippen LogP contribution < -0.4 is 5.32 Å². The smallest absolute Gasteiger partial charge is 0.0178 e. The largest absolute Gasteiger partial charge is 0.311 e. The lowest BCUT2D eigenvalue weighted by atomic mass is 9.65. The number of hydrogen-bond acceptors (Lipinski definition) is 1. The average Bonchev–Trinajstić information content (AvgIpc) is 2.38. The van der Waals surface area contributed by atoms with Gasteiger partial charge < -0.3 is 5.32 Å². The lowest BCUT2D eigenvalue weighted by Crippen LogP contribution is -2.53. The quantitative estimate of drug-likeness (QED) is 0.442. The van der Waals surface area contributed by atoms with E-state index >= 15 is 0 Å². The summed E-state index contributed by atoms with van der Waals surface area (Å²) in [6.45, 7) is 22.7. The molecule has 1 nitrogen and oxygen atoms in total. The minimum absolute atomic E-state index is 0.215. The van der Waals surface area contributed by atoms with Crippen molar-refractivity contribution in [1.82, 2.24) is 5.32 Å². The molecule has 1 heteroatoms. The highest BCUT2D eigenvalue weighted by Crippen LogP contribution is 2.42. The van der Waals surface area contributed by atoms with Gasteiger partial charge in [0.2, 0.25) is 0 Å². The van der Waals surface area contributed by atoms with Crippen LogP contribution in [0.5, 0.6) is 0 Å². The SMILES string of the molecule is CCCCNC(C)(C)C(C)(CC)C[C@H](C)C[C@@H](C)C(C)C. The minimum atomic E-state index is 0.215. The number of rotatable bonds is 11. The van der Waals surface area contributed by atoms with Crippen molar-refractivity contribution >= 4 is 0 Å². The third kappa shape index (κ3) is 6.72. The predicted molar refractivity (Wildman–Crippen MR) is 97.8 cm³/mol. The van der Waals surface area contributed by atoms with Crippen LogP contribution in [0.25, 0.3) is 0 Å². The number of unbranched alkanes of at least 4 members (excludes halogenated alkanes) is 1. The number of hydrogen-bond donors (Lipinski definition) is 1. The Hall–Kier alpha value is -0.0400. The first-order chi connectivity index (χ1) is 9.59. The lowest BCUT2D eigenvalue weighted by Gasteiger charge is -2.46. The zero-order valence-corrected chi connectivity index (χ0v) is 16.5. The Morgan fingerprint density at radius 2 is 1.52 bits per heavy atom. The van der Waals surface area contributed by atoms with Crippen LogP contribution in [-0.4, -0.2) is 12.1 Å². The normalized spacial score (nSPS) is 18.6. The van der Waals surface area contributed by atoms with Crippen LogP contribution in [0.15, 0.2) is 0 Å². The van der Waals surface area contributed by atoms with Crippen molar-refractivity contribution in [3.05, 3.63) is 0 Å². The first kappa shape index (κ1) is 21.0. The molecule has 0 bridgehead atoms. The number of nitrogens with one attached hydrogen (secondary N) is 1. The van der Waals surface area contributed by atoms with Crippen molar-refractivity contribution in [3.63, 3.8) is 0 Å². The molecule has 0 radical (unpaired) electrons. The summed E-state index contributed by atoms with van der Waals surface area (Å²) >= 11 is 0. The van der Waals surface area contributed by atoms with Gasteiger partial charge in [0, 0.05) is 5.54 Å². The summed E-state index contributed by atoms with van der Waals surface area (Å²) in [5.41, 5.74) is 0.586. The molecular weight excluding hydrogens is 254 g/mol. The highest BCUT2D eigenvalue weighted by Gasteiger charge is 2.39. The second kappa shape index (κ2) is 9.18. The van der Waals surface area contributed by atoms with Gasteiger partial charge in [-0.25, -0.2) is 0 Å². The molecule has 0 amide bonds. The Morgan fingerprint density at radius 1 is 0.952 bits per heavy atom. The maximum Gasteiger partial charge on any atom is 0.0178 e. The molecule has 0 aliphatic heterocycles. The topological polar surface area (TPSA) is 12.0 Å². The Morgan fingerprint density at radius 3 is 1.95 bits per heavy atom. The van der Waals surface area contributed by atoms with Crippen LogP contribution in [-0.2, 0) is 0 Å². The summed E-state index contributed by atoms with van der Waals surface area (Å²) in [7, 11) is 0. The van der Waals surface area contributed by atoms with E-state index in [1.807, 2.05) is 0 Å². The van der Waals surface area contributed by atoms with Gasteiger partial charge in [-0.1, -0.05) is 54.9 Å². The summed E-state index contributed by atoms with van der Waals surface area (Å²) in [6.07, 6.45) is 6.49. The molecule has 0 saturated carbocycles. The molecule has 0 aromatic rings. The lowest BCUT2D eigenvalue weighted by molar-refractivity contribution is 0.0870. The van der Waals surface area contributed by atoms with Gasteiger partial charge in [0.05, 0.1) is 0 Å². The first-order valence-electron chi connectivity index (χ1n) is 9.34. The molecule has 128 valence electrons. The van der Waals surface area contributed by atoms with Gasteiger partial charge in [-0.3, -0.25) is 0 Å². The van der Waals surface area contributed by atoms with Gasteiger partial charge in [0.25, 0.3) is 0 Å². The molecule has 3 atom stereocenters. The van der Waals surface area contributed by atoms with Gasteiger partial charge in [-0.05, 0) is 69.2 Å². The van der Waals surface area contributed by atoms with Crippen molar-refractivity contribution in [1.29, 1.82) is 0 Å². The molecule has 0 heterocycles. The molecule has 0 spiro atoms. The van der Waals surface area contributed by atoms with Gasteiger partial charge in [0.1, 0.15) is 0 Å². The van der Waals surface area contributed by atoms with Crippen molar-refractivity contribution in [2.24, 2.45) is 23.2 Å². The van der Waals surface area contributed by atoms with Crippen LogP contribution in [0.2, 0.25) is 0 Å². The summed E-state index contributed by atoms with van der Waals surface area (Å²) < 4.78 is 0. The van der Waals surface area contributed by atoms with E-state index in [0.717, 1.165) is 24.3 Å². The van der Waals surface area contributed by atoms with Crippen LogP contribution in [0.1, 0.15) is 94.4 Å². The predicted octanol–water partition coefficient (Wildman–Crippen LogP) is 6.28. The van der Waals surface area contributed by atoms with Gasteiger partial charge in [-0.2, -0.15) is 0 Å². The molecule has 0 rings (SSSR count). The van der Waals surface area contributed by atoms with E-state index in [4.69, 9.17) is 0 Å². The minimum Gasteiger partial charge on any atom is -0.311 e. The molecule has 0 aromatic carbocycles. The summed E-state index contributed by atoms with van der Waals surface area (Å²) in [6, 6.07) is 0. The molecule has 1 unspecified atom stereocenters. The van der Waals surface area contributed by atoms with E-state index in [1.165, 1.54) is 32.1 Å². The summed E-state index contributed by atoms with van der Waals surface area (Å²) in [4.78, 5) is 0. The van der Waals surface area contributed by atoms with E-state index < -0.39 is 0 Å². The van der Waals surface area contributed by atoms with Crippen molar-refractivity contribution in [2.45, 2.75) is 100.0 Å². The van der Waals surface area contributed by atoms with E-state index in [-0.39, 0.29) is 5.54 Å². The fourth-order valence-electron chi connectivity index (χ4n) is 3.39. The third-order valence-corrected chi connectivity index (χ3v) is 6.10. The molecule has 0 aromatic heterocycles. The average molecular weight is 298 g/mol. The fraction of sp³-hybridized carbons (Fsp3) is 1.00. The molecule has 1 N–H and O–H groups in total. The van der Waals surface area contributed by atoms with E-state index in [1.54, 1.807) is 0 Å². The highest BCUT2D eigenvalue weighted by atomic mass is 15.0. The molecule has 0 fully saturated rings. The zero-order chi connectivity index (χ0) is 16.7.